The van der Waals surface area contributed by atoms with Crippen LogP contribution in [0.5, 0.6) is 0 Å². The third-order valence-electron chi connectivity index (χ3n) is 1.82. The largest absolute Gasteiger partial charge is 0.396 e. The number of aliphatic hydroxyl groups is 1. The highest BCUT2D eigenvalue weighted by molar-refractivity contribution is 7.99. The van der Waals surface area contributed by atoms with E-state index in [2.05, 4.69) is 0 Å². The quantitative estimate of drug-likeness (QED) is 0.363. The molecule has 0 amide bonds. The van der Waals surface area contributed by atoms with Gasteiger partial charge in [-0.15, -0.1) is 11.8 Å². The number of non-ortho nitro benzene ring substituents is 1. The van der Waals surface area contributed by atoms with Crippen LogP contribution in [0.25, 0.3) is 0 Å². The number of aliphatic hydroxyl groups excluding tert-OH is 1. The van der Waals surface area contributed by atoms with Gasteiger partial charge in [0.25, 0.3) is 5.69 Å². The molecule has 1 rings (SSSR count). The maximum atomic E-state index is 10.6. The molecule has 1 aromatic carbocycles. The first kappa shape index (κ1) is 12.0. The molecular formula is C10H13NO3S. The molecule has 1 aromatic rings. The number of nitro benzene ring substituents is 1. The molecular weight excluding hydrogens is 214 g/mol. The maximum absolute atomic E-state index is 10.6. The normalized spacial score (nSPS) is 10.3. The molecule has 0 atom stereocenters. The molecule has 82 valence electrons. The summed E-state index contributed by atoms with van der Waals surface area (Å²) in [6, 6.07) is 5.03. The van der Waals surface area contributed by atoms with Crippen molar-refractivity contribution in [3.8, 4) is 0 Å². The molecule has 5 heteroatoms. The average Bonchev–Trinajstić information content (AvgIpc) is 2.17. The van der Waals surface area contributed by atoms with Crippen molar-refractivity contribution in [2.24, 2.45) is 0 Å². The molecule has 15 heavy (non-hydrogen) atoms. The second-order valence-electron chi connectivity index (χ2n) is 3.19. The van der Waals surface area contributed by atoms with Gasteiger partial charge in [-0.25, -0.2) is 0 Å². The minimum Gasteiger partial charge on any atom is -0.396 e. The minimum atomic E-state index is -0.386. The monoisotopic (exact) mass is 227 g/mol. The molecule has 0 heterocycles. The summed E-state index contributed by atoms with van der Waals surface area (Å²) in [5.41, 5.74) is 1.01. The first-order valence-electron chi connectivity index (χ1n) is 4.63. The van der Waals surface area contributed by atoms with Crippen LogP contribution in [0.4, 0.5) is 5.69 Å². The van der Waals surface area contributed by atoms with Gasteiger partial charge in [-0.3, -0.25) is 10.1 Å². The molecule has 0 bridgehead atoms. The second-order valence-corrected chi connectivity index (χ2v) is 4.36. The highest BCUT2D eigenvalue weighted by Crippen LogP contribution is 2.25. The van der Waals surface area contributed by atoms with Crippen molar-refractivity contribution < 1.29 is 10.0 Å². The van der Waals surface area contributed by atoms with Gasteiger partial charge >= 0.3 is 0 Å². The minimum absolute atomic E-state index is 0.126. The zero-order valence-corrected chi connectivity index (χ0v) is 9.29. The van der Waals surface area contributed by atoms with Gasteiger partial charge in [0.2, 0.25) is 0 Å². The lowest BCUT2D eigenvalue weighted by Gasteiger charge is -2.02. The fourth-order valence-corrected chi connectivity index (χ4v) is 2.15. The first-order chi connectivity index (χ1) is 7.13. The van der Waals surface area contributed by atoms with Crippen molar-refractivity contribution in [3.05, 3.63) is 33.9 Å². The Morgan fingerprint density at radius 2 is 2.20 bits per heavy atom. The number of nitro groups is 1. The van der Waals surface area contributed by atoms with Crippen LogP contribution in [-0.2, 0) is 0 Å². The van der Waals surface area contributed by atoms with E-state index in [-0.39, 0.29) is 17.2 Å². The predicted octanol–water partition coefficient (Wildman–Crippen LogP) is 2.38. The van der Waals surface area contributed by atoms with Crippen molar-refractivity contribution >= 4 is 17.4 Å². The summed E-state index contributed by atoms with van der Waals surface area (Å²) in [5, 5.41) is 19.2. The Kier molecular flexibility index (Phi) is 4.58. The molecule has 0 aliphatic carbocycles. The topological polar surface area (TPSA) is 63.4 Å². The molecule has 0 aliphatic rings. The zero-order chi connectivity index (χ0) is 11.3. The van der Waals surface area contributed by atoms with Gasteiger partial charge in [0, 0.05) is 29.4 Å². The van der Waals surface area contributed by atoms with Crippen molar-refractivity contribution in [2.45, 2.75) is 18.2 Å². The van der Waals surface area contributed by atoms with Crippen molar-refractivity contribution in [3.63, 3.8) is 0 Å². The fraction of sp³-hybridized carbons (Fsp3) is 0.400. The summed E-state index contributed by atoms with van der Waals surface area (Å²) in [5.74, 6) is 0.775. The lowest BCUT2D eigenvalue weighted by molar-refractivity contribution is -0.385. The van der Waals surface area contributed by atoms with Crippen LogP contribution < -0.4 is 0 Å². The van der Waals surface area contributed by atoms with Crippen molar-refractivity contribution in [1.29, 1.82) is 0 Å². The van der Waals surface area contributed by atoms with Gasteiger partial charge in [-0.2, -0.15) is 0 Å². The highest BCUT2D eigenvalue weighted by Gasteiger charge is 2.07. The molecule has 0 aliphatic heterocycles. The molecule has 0 radical (unpaired) electrons. The lowest BCUT2D eigenvalue weighted by Crippen LogP contribution is -1.90. The highest BCUT2D eigenvalue weighted by atomic mass is 32.2. The summed E-state index contributed by atoms with van der Waals surface area (Å²) in [6.45, 7) is 1.99. The summed E-state index contributed by atoms with van der Waals surface area (Å²) in [4.78, 5) is 11.1. The SMILES string of the molecule is Cc1cc(SCCCO)cc([N+](=O)[O-])c1. The number of nitrogens with zero attached hydrogens (tertiary/aromatic N) is 1. The number of rotatable bonds is 5. The smallest absolute Gasteiger partial charge is 0.270 e. The third kappa shape index (κ3) is 3.89. The van der Waals surface area contributed by atoms with Gasteiger partial charge in [0.15, 0.2) is 0 Å². The Morgan fingerprint density at radius 3 is 2.80 bits per heavy atom. The standard InChI is InChI=1S/C10H13NO3S/c1-8-5-9(11(13)14)7-10(6-8)15-4-2-3-12/h5-7,12H,2-4H2,1H3. The van der Waals surface area contributed by atoms with Crippen LogP contribution in [-0.4, -0.2) is 22.4 Å². The first-order valence-corrected chi connectivity index (χ1v) is 5.62. The molecule has 0 saturated carbocycles. The van der Waals surface area contributed by atoms with E-state index < -0.39 is 0 Å². The maximum Gasteiger partial charge on any atom is 0.270 e. The molecule has 0 fully saturated rings. The van der Waals surface area contributed by atoms with E-state index in [9.17, 15) is 10.1 Å². The van der Waals surface area contributed by atoms with Crippen molar-refractivity contribution in [1.82, 2.24) is 0 Å². The number of hydrogen-bond donors (Lipinski definition) is 1. The molecule has 1 N–H and O–H groups in total. The van der Waals surface area contributed by atoms with Crippen LogP contribution in [0.15, 0.2) is 23.1 Å². The second kappa shape index (κ2) is 5.72. The van der Waals surface area contributed by atoms with Crippen LogP contribution in [0.1, 0.15) is 12.0 Å². The molecule has 0 saturated heterocycles. The van der Waals surface area contributed by atoms with Gasteiger partial charge in [-0.05, 0) is 25.0 Å². The van der Waals surface area contributed by atoms with Gasteiger partial charge < -0.3 is 5.11 Å². The van der Waals surface area contributed by atoms with E-state index in [1.165, 1.54) is 11.8 Å². The van der Waals surface area contributed by atoms with Crippen molar-refractivity contribution in [2.75, 3.05) is 12.4 Å². The van der Waals surface area contributed by atoms with Crippen LogP contribution in [0, 0.1) is 17.0 Å². The third-order valence-corrected chi connectivity index (χ3v) is 2.88. The van der Waals surface area contributed by atoms with E-state index in [1.54, 1.807) is 12.1 Å². The number of hydrogen-bond acceptors (Lipinski definition) is 4. The van der Waals surface area contributed by atoms with Gasteiger partial charge in [-0.1, -0.05) is 0 Å². The number of thioether (sulfide) groups is 1. The molecule has 0 aromatic heterocycles. The van der Waals surface area contributed by atoms with Crippen LogP contribution in [0.3, 0.4) is 0 Å². The Morgan fingerprint density at radius 1 is 1.47 bits per heavy atom. The average molecular weight is 227 g/mol. The Bertz CT molecular complexity index is 355. The van der Waals surface area contributed by atoms with E-state index >= 15 is 0 Å². The fourth-order valence-electron chi connectivity index (χ4n) is 1.17. The van der Waals surface area contributed by atoms with Gasteiger partial charge in [0.05, 0.1) is 4.92 Å². The number of aryl methyl sites for hydroxylation is 1. The van der Waals surface area contributed by atoms with E-state index in [0.717, 1.165) is 16.2 Å². The summed E-state index contributed by atoms with van der Waals surface area (Å²) in [6.07, 6.45) is 0.701. The Labute approximate surface area is 92.5 Å². The Balaban J connectivity index is 2.75. The summed E-state index contributed by atoms with van der Waals surface area (Å²) < 4.78 is 0. The molecule has 0 spiro atoms. The van der Waals surface area contributed by atoms with E-state index in [4.69, 9.17) is 5.11 Å². The van der Waals surface area contributed by atoms with Crippen LogP contribution in [0.2, 0.25) is 0 Å². The molecule has 0 unspecified atom stereocenters. The van der Waals surface area contributed by atoms with Gasteiger partial charge in [0.1, 0.15) is 0 Å². The molecule has 4 nitrogen and oxygen atoms in total. The number of benzene rings is 1. The summed E-state index contributed by atoms with van der Waals surface area (Å²) >= 11 is 1.53. The lowest BCUT2D eigenvalue weighted by atomic mass is 10.2. The van der Waals surface area contributed by atoms with E-state index in [0.29, 0.717) is 6.42 Å². The Hall–Kier alpha value is -1.07. The van der Waals surface area contributed by atoms with E-state index in [1.807, 2.05) is 13.0 Å². The van der Waals surface area contributed by atoms with Crippen LogP contribution >= 0.6 is 11.8 Å². The zero-order valence-electron chi connectivity index (χ0n) is 8.47. The predicted molar refractivity (Wildman–Crippen MR) is 60.3 cm³/mol. The summed E-state index contributed by atoms with van der Waals surface area (Å²) in [7, 11) is 0.